The zero-order valence-electron chi connectivity index (χ0n) is 20.4. The number of rotatable bonds is 7. The predicted octanol–water partition coefficient (Wildman–Crippen LogP) is 3.99. The molecule has 3 heterocycles. The number of hydrogen-bond acceptors (Lipinski definition) is 4. The first-order valence-electron chi connectivity index (χ1n) is 12.9. The van der Waals surface area contributed by atoms with Crippen molar-refractivity contribution in [2.24, 2.45) is 11.8 Å². The van der Waals surface area contributed by atoms with Gasteiger partial charge in [-0.15, -0.1) is 0 Å². The van der Waals surface area contributed by atoms with E-state index < -0.39 is 29.6 Å². The fourth-order valence-corrected chi connectivity index (χ4v) is 6.44. The number of carbonyl (C=O) groups excluding carboxylic acids is 3. The molecule has 2 N–H and O–H groups in total. The summed E-state index contributed by atoms with van der Waals surface area (Å²) < 4.78 is 6.38. The topological polar surface area (TPSA) is 87.7 Å². The number of benzene rings is 1. The normalized spacial score (nSPS) is 31.6. The zero-order chi connectivity index (χ0) is 24.7. The Kier molecular flexibility index (Phi) is 6.66. The molecule has 8 heteroatoms. The third-order valence-electron chi connectivity index (χ3n) is 8.07. The van der Waals surface area contributed by atoms with Gasteiger partial charge in [-0.2, -0.15) is 0 Å². The van der Waals surface area contributed by atoms with Gasteiger partial charge in [-0.25, -0.2) is 0 Å². The number of ether oxygens (including phenoxy) is 1. The van der Waals surface area contributed by atoms with Gasteiger partial charge in [0.05, 0.1) is 17.9 Å². The monoisotopic (exact) mass is 499 g/mol. The summed E-state index contributed by atoms with van der Waals surface area (Å²) in [7, 11) is 0. The van der Waals surface area contributed by atoms with Crippen molar-refractivity contribution >= 4 is 35.0 Å². The molecule has 0 aromatic heterocycles. The fourth-order valence-electron chi connectivity index (χ4n) is 6.26. The summed E-state index contributed by atoms with van der Waals surface area (Å²) in [6, 6.07) is 4.71. The molecule has 188 valence electrons. The molecular weight excluding hydrogens is 466 g/mol. The number of fused-ring (bicyclic) bond motifs is 1. The summed E-state index contributed by atoms with van der Waals surface area (Å²) in [5, 5.41) is 6.70. The average molecular weight is 500 g/mol. The van der Waals surface area contributed by atoms with Crippen LogP contribution in [-0.2, 0) is 19.1 Å². The van der Waals surface area contributed by atoms with E-state index in [4.69, 9.17) is 16.3 Å². The lowest BCUT2D eigenvalue weighted by Crippen LogP contribution is -2.56. The fraction of sp³-hybridized carbons (Fsp3) is 0.593. The summed E-state index contributed by atoms with van der Waals surface area (Å²) in [5.41, 5.74) is 0.381. The standard InChI is InChI=1S/C27H34ClN3O4/c1-3-4-14-31-23(25(33)29-17-8-6-5-7-9-17)27-13-12-20(35-27)21(22(27)26(31)34)24(32)30-18-11-10-16(2)19(28)15-18/h10-13,15,17,20-23H,3-9,14H2,1-2H3,(H,29,33)(H,30,32)/t20-,21?,22-,23?,27?/m0/s1. The van der Waals surface area contributed by atoms with E-state index >= 15 is 0 Å². The van der Waals surface area contributed by atoms with Gasteiger partial charge in [-0.05, 0) is 43.9 Å². The van der Waals surface area contributed by atoms with Gasteiger partial charge in [0, 0.05) is 23.3 Å². The molecule has 7 nitrogen and oxygen atoms in total. The van der Waals surface area contributed by atoms with Gasteiger partial charge in [0.25, 0.3) is 0 Å². The molecular formula is C27H34ClN3O4. The highest BCUT2D eigenvalue weighted by Gasteiger charge is 2.72. The molecule has 1 spiro atoms. The van der Waals surface area contributed by atoms with E-state index in [-0.39, 0.29) is 23.8 Å². The Bertz CT molecular complexity index is 1050. The molecule has 2 saturated heterocycles. The van der Waals surface area contributed by atoms with Gasteiger partial charge in [-0.3, -0.25) is 14.4 Å². The lowest BCUT2D eigenvalue weighted by Gasteiger charge is -2.34. The maximum atomic E-state index is 13.8. The summed E-state index contributed by atoms with van der Waals surface area (Å²) >= 11 is 6.24. The SMILES string of the molecule is CCCCN1C(=O)[C@@H]2C(C(=O)Nc3ccc(C)c(Cl)c3)[C@@H]3C=CC2(O3)C1C(=O)NC1CCCCC1. The third kappa shape index (κ3) is 4.16. The van der Waals surface area contributed by atoms with E-state index in [1.807, 2.05) is 25.1 Å². The van der Waals surface area contributed by atoms with Gasteiger partial charge in [0.2, 0.25) is 17.7 Å². The van der Waals surface area contributed by atoms with Crippen LogP contribution in [0.1, 0.15) is 57.4 Å². The third-order valence-corrected chi connectivity index (χ3v) is 8.48. The number of hydrogen-bond donors (Lipinski definition) is 2. The van der Waals surface area contributed by atoms with Crippen LogP contribution in [-0.4, -0.2) is 53.0 Å². The Labute approximate surface area is 211 Å². The van der Waals surface area contributed by atoms with Crippen molar-refractivity contribution in [3.05, 3.63) is 40.9 Å². The average Bonchev–Trinajstić information content (AvgIpc) is 3.48. The van der Waals surface area contributed by atoms with E-state index in [9.17, 15) is 14.4 Å². The van der Waals surface area contributed by atoms with E-state index in [0.717, 1.165) is 44.1 Å². The van der Waals surface area contributed by atoms with E-state index in [1.165, 1.54) is 6.42 Å². The number of nitrogens with one attached hydrogen (secondary N) is 2. The molecule has 2 bridgehead atoms. The Morgan fingerprint density at radius 1 is 1.20 bits per heavy atom. The highest BCUT2D eigenvalue weighted by atomic mass is 35.5. The van der Waals surface area contributed by atoms with Gasteiger partial charge < -0.3 is 20.3 Å². The van der Waals surface area contributed by atoms with Crippen LogP contribution in [0, 0.1) is 18.8 Å². The number of nitrogens with zero attached hydrogens (tertiary/aromatic N) is 1. The van der Waals surface area contributed by atoms with Crippen molar-refractivity contribution in [3.63, 3.8) is 0 Å². The van der Waals surface area contributed by atoms with Crippen molar-refractivity contribution in [1.82, 2.24) is 10.2 Å². The lowest BCUT2D eigenvalue weighted by atomic mass is 9.74. The molecule has 3 fully saturated rings. The molecule has 5 rings (SSSR count). The molecule has 1 aliphatic carbocycles. The van der Waals surface area contributed by atoms with Gasteiger partial charge in [0.15, 0.2) is 0 Å². The highest BCUT2D eigenvalue weighted by Crippen LogP contribution is 2.55. The van der Waals surface area contributed by atoms with Crippen molar-refractivity contribution in [3.8, 4) is 0 Å². The van der Waals surface area contributed by atoms with Crippen LogP contribution in [0.5, 0.6) is 0 Å². The van der Waals surface area contributed by atoms with E-state index in [0.29, 0.717) is 17.3 Å². The Hall–Kier alpha value is -2.38. The molecule has 1 aromatic carbocycles. The summed E-state index contributed by atoms with van der Waals surface area (Å²) in [6.07, 6.45) is 10.2. The van der Waals surface area contributed by atoms with Crippen molar-refractivity contribution < 1.29 is 19.1 Å². The predicted molar refractivity (Wildman–Crippen MR) is 134 cm³/mol. The van der Waals surface area contributed by atoms with Crippen LogP contribution >= 0.6 is 11.6 Å². The molecule has 4 aliphatic rings. The summed E-state index contributed by atoms with van der Waals surface area (Å²) in [5.74, 6) is -2.05. The highest BCUT2D eigenvalue weighted by molar-refractivity contribution is 6.31. The van der Waals surface area contributed by atoms with Crippen molar-refractivity contribution in [2.45, 2.75) is 82.6 Å². The minimum absolute atomic E-state index is 0.128. The molecule has 5 atom stereocenters. The van der Waals surface area contributed by atoms with E-state index in [1.54, 1.807) is 17.0 Å². The van der Waals surface area contributed by atoms with Crippen LogP contribution in [0.2, 0.25) is 5.02 Å². The van der Waals surface area contributed by atoms with Crippen LogP contribution in [0.25, 0.3) is 0 Å². The number of unbranched alkanes of at least 4 members (excludes halogenated alkanes) is 1. The molecule has 3 amide bonds. The van der Waals surface area contributed by atoms with Crippen LogP contribution in [0.4, 0.5) is 5.69 Å². The maximum absolute atomic E-state index is 13.8. The lowest BCUT2D eigenvalue weighted by molar-refractivity contribution is -0.141. The summed E-state index contributed by atoms with van der Waals surface area (Å²) in [4.78, 5) is 42.6. The Balaban J connectivity index is 1.42. The second-order valence-electron chi connectivity index (χ2n) is 10.4. The zero-order valence-corrected chi connectivity index (χ0v) is 21.1. The molecule has 3 unspecified atom stereocenters. The van der Waals surface area contributed by atoms with Crippen LogP contribution in [0.15, 0.2) is 30.4 Å². The molecule has 3 aliphatic heterocycles. The smallest absolute Gasteiger partial charge is 0.246 e. The van der Waals surface area contributed by atoms with Gasteiger partial charge in [0.1, 0.15) is 11.6 Å². The summed E-state index contributed by atoms with van der Waals surface area (Å²) in [6.45, 7) is 4.43. The number of likely N-dealkylation sites (tertiary alicyclic amines) is 1. The van der Waals surface area contributed by atoms with Crippen LogP contribution < -0.4 is 10.6 Å². The van der Waals surface area contributed by atoms with Crippen LogP contribution in [0.3, 0.4) is 0 Å². The molecule has 1 saturated carbocycles. The molecule has 0 radical (unpaired) electrons. The number of aryl methyl sites for hydroxylation is 1. The largest absolute Gasteiger partial charge is 0.359 e. The Morgan fingerprint density at radius 2 is 1.97 bits per heavy atom. The van der Waals surface area contributed by atoms with Gasteiger partial charge in [-0.1, -0.05) is 62.4 Å². The second-order valence-corrected chi connectivity index (χ2v) is 10.8. The molecule has 35 heavy (non-hydrogen) atoms. The number of carbonyl (C=O) groups is 3. The number of amides is 3. The van der Waals surface area contributed by atoms with Gasteiger partial charge >= 0.3 is 0 Å². The number of anilines is 1. The molecule has 1 aromatic rings. The first-order chi connectivity index (χ1) is 16.9. The maximum Gasteiger partial charge on any atom is 0.246 e. The first kappa shape index (κ1) is 24.3. The van der Waals surface area contributed by atoms with Crippen molar-refractivity contribution in [2.75, 3.05) is 11.9 Å². The van der Waals surface area contributed by atoms with Crippen molar-refractivity contribution in [1.29, 1.82) is 0 Å². The second kappa shape index (κ2) is 9.58. The quantitative estimate of drug-likeness (QED) is 0.555. The van der Waals surface area contributed by atoms with E-state index in [2.05, 4.69) is 17.6 Å². The Morgan fingerprint density at radius 3 is 2.69 bits per heavy atom. The minimum Gasteiger partial charge on any atom is -0.359 e. The minimum atomic E-state index is -1.11. The first-order valence-corrected chi connectivity index (χ1v) is 13.3. The number of halogens is 1.